The summed E-state index contributed by atoms with van der Waals surface area (Å²) in [5, 5.41) is 6.79. The number of fused-ring (bicyclic) bond motifs is 1. The SMILES string of the molecule is CCNc1nc(C2CC2)nc2scc(-c3ccccc3)c12. The quantitative estimate of drug-likeness (QED) is 0.760. The molecule has 0 bridgehead atoms. The van der Waals surface area contributed by atoms with Gasteiger partial charge in [-0.15, -0.1) is 11.3 Å². The van der Waals surface area contributed by atoms with Crippen molar-refractivity contribution in [1.29, 1.82) is 0 Å². The van der Waals surface area contributed by atoms with Gasteiger partial charge in [-0.1, -0.05) is 30.3 Å². The van der Waals surface area contributed by atoms with Gasteiger partial charge in [0.2, 0.25) is 0 Å². The molecule has 1 aliphatic rings. The number of rotatable bonds is 4. The lowest BCUT2D eigenvalue weighted by molar-refractivity contribution is 0.948. The van der Waals surface area contributed by atoms with Crippen LogP contribution in [0.1, 0.15) is 31.5 Å². The highest BCUT2D eigenvalue weighted by atomic mass is 32.1. The largest absolute Gasteiger partial charge is 0.370 e. The summed E-state index contributed by atoms with van der Waals surface area (Å²) in [4.78, 5) is 10.7. The predicted octanol–water partition coefficient (Wildman–Crippen LogP) is 4.67. The van der Waals surface area contributed by atoms with Crippen molar-refractivity contribution in [2.45, 2.75) is 25.7 Å². The number of hydrogen-bond donors (Lipinski definition) is 1. The Balaban J connectivity index is 1.93. The molecule has 1 aliphatic carbocycles. The van der Waals surface area contributed by atoms with Crippen molar-refractivity contribution in [1.82, 2.24) is 9.97 Å². The van der Waals surface area contributed by atoms with Gasteiger partial charge in [-0.25, -0.2) is 9.97 Å². The molecule has 0 aliphatic heterocycles. The Morgan fingerprint density at radius 3 is 2.71 bits per heavy atom. The van der Waals surface area contributed by atoms with Gasteiger partial charge in [-0.05, 0) is 25.3 Å². The molecule has 0 atom stereocenters. The van der Waals surface area contributed by atoms with Gasteiger partial charge in [0.15, 0.2) is 0 Å². The Labute approximate surface area is 128 Å². The number of anilines is 1. The Morgan fingerprint density at radius 1 is 1.19 bits per heavy atom. The minimum absolute atomic E-state index is 0.578. The van der Waals surface area contributed by atoms with Crippen LogP contribution in [0.25, 0.3) is 21.3 Å². The van der Waals surface area contributed by atoms with E-state index in [1.807, 2.05) is 6.07 Å². The third-order valence-corrected chi connectivity index (χ3v) is 4.69. The van der Waals surface area contributed by atoms with Gasteiger partial charge in [0, 0.05) is 23.4 Å². The summed E-state index contributed by atoms with van der Waals surface area (Å²) in [5.41, 5.74) is 2.46. The molecule has 1 aromatic carbocycles. The predicted molar refractivity (Wildman–Crippen MR) is 89.0 cm³/mol. The summed E-state index contributed by atoms with van der Waals surface area (Å²) < 4.78 is 0. The maximum Gasteiger partial charge on any atom is 0.139 e. The summed E-state index contributed by atoms with van der Waals surface area (Å²) in [6.07, 6.45) is 2.46. The molecular formula is C17H17N3S. The molecule has 2 heterocycles. The normalized spacial score (nSPS) is 14.5. The van der Waals surface area contributed by atoms with Crippen LogP contribution in [-0.2, 0) is 0 Å². The van der Waals surface area contributed by atoms with Gasteiger partial charge in [0.25, 0.3) is 0 Å². The standard InChI is InChI=1S/C17H17N3S/c1-2-18-16-14-13(11-6-4-3-5-7-11)10-21-17(14)20-15(19-16)12-8-9-12/h3-7,10,12H,2,8-9H2,1H3,(H,18,19,20). The van der Waals surface area contributed by atoms with Gasteiger partial charge >= 0.3 is 0 Å². The lowest BCUT2D eigenvalue weighted by atomic mass is 10.1. The first kappa shape index (κ1) is 12.8. The van der Waals surface area contributed by atoms with E-state index in [2.05, 4.69) is 41.9 Å². The Hall–Kier alpha value is -1.94. The highest BCUT2D eigenvalue weighted by Gasteiger charge is 2.28. The van der Waals surface area contributed by atoms with E-state index < -0.39 is 0 Å². The van der Waals surface area contributed by atoms with Crippen LogP contribution in [0.2, 0.25) is 0 Å². The van der Waals surface area contributed by atoms with Crippen molar-refractivity contribution in [3.05, 3.63) is 41.5 Å². The minimum Gasteiger partial charge on any atom is -0.370 e. The summed E-state index contributed by atoms with van der Waals surface area (Å²) >= 11 is 1.72. The van der Waals surface area contributed by atoms with E-state index in [0.717, 1.165) is 28.4 Å². The van der Waals surface area contributed by atoms with Crippen molar-refractivity contribution < 1.29 is 0 Å². The van der Waals surface area contributed by atoms with E-state index >= 15 is 0 Å². The van der Waals surface area contributed by atoms with E-state index in [1.165, 1.54) is 24.0 Å². The number of hydrogen-bond acceptors (Lipinski definition) is 4. The maximum atomic E-state index is 4.80. The fourth-order valence-electron chi connectivity index (χ4n) is 2.61. The third-order valence-electron chi connectivity index (χ3n) is 3.82. The molecule has 0 unspecified atom stereocenters. The fraction of sp³-hybridized carbons (Fsp3) is 0.294. The first-order valence-electron chi connectivity index (χ1n) is 7.45. The van der Waals surface area contributed by atoms with Crippen LogP contribution in [0.4, 0.5) is 5.82 Å². The monoisotopic (exact) mass is 295 g/mol. The highest BCUT2D eigenvalue weighted by Crippen LogP contribution is 2.42. The van der Waals surface area contributed by atoms with Crippen LogP contribution in [-0.4, -0.2) is 16.5 Å². The Morgan fingerprint density at radius 2 is 2.00 bits per heavy atom. The number of aromatic nitrogens is 2. The second kappa shape index (κ2) is 5.11. The van der Waals surface area contributed by atoms with Gasteiger partial charge in [-0.3, -0.25) is 0 Å². The second-order valence-corrected chi connectivity index (χ2v) is 6.29. The lowest BCUT2D eigenvalue weighted by Gasteiger charge is -2.08. The molecular weight excluding hydrogens is 278 g/mol. The molecule has 3 nitrogen and oxygen atoms in total. The Bertz CT molecular complexity index is 775. The zero-order valence-electron chi connectivity index (χ0n) is 12.0. The maximum absolute atomic E-state index is 4.80. The number of benzene rings is 1. The van der Waals surface area contributed by atoms with Crippen LogP contribution < -0.4 is 5.32 Å². The lowest BCUT2D eigenvalue weighted by Crippen LogP contribution is -2.03. The summed E-state index contributed by atoms with van der Waals surface area (Å²) in [6.45, 7) is 2.99. The summed E-state index contributed by atoms with van der Waals surface area (Å²) in [6, 6.07) is 10.5. The third kappa shape index (κ3) is 2.29. The van der Waals surface area contributed by atoms with Gasteiger partial charge in [0.05, 0.1) is 5.39 Å². The van der Waals surface area contributed by atoms with Crippen LogP contribution in [0.3, 0.4) is 0 Å². The van der Waals surface area contributed by atoms with Crippen molar-refractivity contribution in [3.63, 3.8) is 0 Å². The van der Waals surface area contributed by atoms with Gasteiger partial charge < -0.3 is 5.32 Å². The van der Waals surface area contributed by atoms with Crippen LogP contribution in [0, 0.1) is 0 Å². The average molecular weight is 295 g/mol. The number of nitrogens with one attached hydrogen (secondary N) is 1. The van der Waals surface area contributed by atoms with Gasteiger partial charge in [0.1, 0.15) is 16.5 Å². The fourth-order valence-corrected chi connectivity index (χ4v) is 3.56. The average Bonchev–Trinajstić information content (AvgIpc) is 3.28. The molecule has 2 aromatic heterocycles. The van der Waals surface area contributed by atoms with Crippen molar-refractivity contribution in [2.75, 3.05) is 11.9 Å². The zero-order valence-corrected chi connectivity index (χ0v) is 12.8. The number of nitrogens with zero attached hydrogens (tertiary/aromatic N) is 2. The molecule has 3 aromatic rings. The molecule has 0 saturated heterocycles. The van der Waals surface area contributed by atoms with Crippen molar-refractivity contribution in [2.24, 2.45) is 0 Å². The molecule has 21 heavy (non-hydrogen) atoms. The van der Waals surface area contributed by atoms with Crippen LogP contribution >= 0.6 is 11.3 Å². The Kier molecular flexibility index (Phi) is 3.11. The van der Waals surface area contributed by atoms with E-state index in [-0.39, 0.29) is 0 Å². The smallest absolute Gasteiger partial charge is 0.139 e. The topological polar surface area (TPSA) is 37.8 Å². The summed E-state index contributed by atoms with van der Waals surface area (Å²) in [7, 11) is 0. The molecule has 1 saturated carbocycles. The first-order chi connectivity index (χ1) is 10.4. The highest BCUT2D eigenvalue weighted by molar-refractivity contribution is 7.17. The molecule has 0 radical (unpaired) electrons. The molecule has 1 fully saturated rings. The van der Waals surface area contributed by atoms with E-state index in [1.54, 1.807) is 11.3 Å². The summed E-state index contributed by atoms with van der Waals surface area (Å²) in [5.74, 6) is 2.58. The van der Waals surface area contributed by atoms with Crippen molar-refractivity contribution >= 4 is 27.4 Å². The molecule has 0 spiro atoms. The zero-order chi connectivity index (χ0) is 14.2. The first-order valence-corrected chi connectivity index (χ1v) is 8.33. The molecule has 0 amide bonds. The molecule has 1 N–H and O–H groups in total. The van der Waals surface area contributed by atoms with E-state index in [9.17, 15) is 0 Å². The van der Waals surface area contributed by atoms with Gasteiger partial charge in [-0.2, -0.15) is 0 Å². The molecule has 4 heteroatoms. The van der Waals surface area contributed by atoms with E-state index in [4.69, 9.17) is 9.97 Å². The molecule has 4 rings (SSSR count). The number of thiophene rings is 1. The van der Waals surface area contributed by atoms with Crippen LogP contribution in [0.5, 0.6) is 0 Å². The molecule has 106 valence electrons. The van der Waals surface area contributed by atoms with E-state index in [0.29, 0.717) is 5.92 Å². The van der Waals surface area contributed by atoms with Crippen LogP contribution in [0.15, 0.2) is 35.7 Å². The minimum atomic E-state index is 0.578. The second-order valence-electron chi connectivity index (χ2n) is 5.43. The van der Waals surface area contributed by atoms with Crippen molar-refractivity contribution in [3.8, 4) is 11.1 Å².